The molecule has 0 fully saturated rings. The summed E-state index contributed by atoms with van der Waals surface area (Å²) in [7, 11) is 0. The predicted molar refractivity (Wildman–Crippen MR) is 252 cm³/mol. The van der Waals surface area contributed by atoms with Gasteiger partial charge in [-0.25, -0.2) is 0 Å². The molecule has 0 aromatic heterocycles. The van der Waals surface area contributed by atoms with Crippen LogP contribution < -0.4 is 0 Å². The molecule has 59 heavy (non-hydrogen) atoms. The van der Waals surface area contributed by atoms with Crippen molar-refractivity contribution in [3.05, 3.63) is 205 Å². The van der Waals surface area contributed by atoms with Crippen LogP contribution in [0.5, 0.6) is 0 Å². The Kier molecular flexibility index (Phi) is 6.60. The van der Waals surface area contributed by atoms with Crippen LogP contribution in [-0.2, 0) is 5.41 Å². The maximum atomic E-state index is 2.56. The van der Waals surface area contributed by atoms with Gasteiger partial charge in [0, 0.05) is 5.41 Å². The molecule has 0 spiro atoms. The SMILES string of the molecule is CC1(C)c2cc(-c3ccc4c5c(cccc35)-c3c-4c(-c4ccccc4)c4ccccc4c3-c3ccccc3)c3ccccc3c2-c2c1c1ccccc1c1ccccc21. The van der Waals surface area contributed by atoms with Gasteiger partial charge in [0.2, 0.25) is 0 Å². The van der Waals surface area contributed by atoms with Crippen molar-refractivity contribution in [2.45, 2.75) is 19.3 Å². The zero-order chi connectivity index (χ0) is 39.0. The van der Waals surface area contributed by atoms with Crippen LogP contribution >= 0.6 is 0 Å². The number of hydrogen-bond acceptors (Lipinski definition) is 0. The predicted octanol–water partition coefficient (Wildman–Crippen LogP) is 16.4. The monoisotopic (exact) mass is 746 g/mol. The molecule has 0 N–H and O–H groups in total. The van der Waals surface area contributed by atoms with Crippen LogP contribution in [-0.4, -0.2) is 0 Å². The first kappa shape index (κ1) is 32.8. The minimum Gasteiger partial charge on any atom is -0.0622 e. The summed E-state index contributed by atoms with van der Waals surface area (Å²) >= 11 is 0. The molecule has 0 amide bonds. The highest BCUT2D eigenvalue weighted by molar-refractivity contribution is 6.30. The van der Waals surface area contributed by atoms with Crippen molar-refractivity contribution in [2.24, 2.45) is 0 Å². The second-order valence-corrected chi connectivity index (χ2v) is 17.0. The lowest BCUT2D eigenvalue weighted by molar-refractivity contribution is 0.667. The maximum absolute atomic E-state index is 2.56. The fraction of sp³-hybridized carbons (Fsp3) is 0.0508. The molecule has 0 radical (unpaired) electrons. The Morgan fingerprint density at radius 1 is 0.271 bits per heavy atom. The molecule has 11 aromatic rings. The molecule has 0 aliphatic heterocycles. The summed E-state index contributed by atoms with van der Waals surface area (Å²) in [6.45, 7) is 4.89. The standard InChI is InChI=1S/C59H38/c1-59(2)50-34-49(39-24-10-12-25-42(39)54(50)57-43-26-13-9-22-37(43)38-23-11-16-29-46(38)58(57)59)40-32-33-48-53-41(40)30-17-31-47(53)55-51(35-18-5-3-6-19-35)44-27-14-15-28-45(44)52(56(48)55)36-20-7-4-8-21-36/h3-34H,1-2H3. The Labute approximate surface area is 343 Å². The van der Waals surface area contributed by atoms with E-state index in [-0.39, 0.29) is 5.41 Å². The van der Waals surface area contributed by atoms with Crippen LogP contribution in [0.15, 0.2) is 194 Å². The molecule has 0 heterocycles. The van der Waals surface area contributed by atoms with Crippen LogP contribution in [0.3, 0.4) is 0 Å². The topological polar surface area (TPSA) is 0 Å². The molecule has 0 saturated carbocycles. The van der Waals surface area contributed by atoms with Crippen LogP contribution in [0.25, 0.3) is 121 Å². The number of hydrogen-bond donors (Lipinski definition) is 0. The molecule has 0 heteroatoms. The summed E-state index contributed by atoms with van der Waals surface area (Å²) in [6, 6.07) is 72.8. The Morgan fingerprint density at radius 2 is 0.695 bits per heavy atom. The Balaban J connectivity index is 1.14. The zero-order valence-corrected chi connectivity index (χ0v) is 33.0. The number of benzene rings is 11. The Bertz CT molecular complexity index is 3510. The fourth-order valence-electron chi connectivity index (χ4n) is 11.4. The van der Waals surface area contributed by atoms with E-state index in [0.717, 1.165) is 0 Å². The first-order valence-corrected chi connectivity index (χ1v) is 20.9. The average Bonchev–Trinajstić information content (AvgIpc) is 3.75. The van der Waals surface area contributed by atoms with E-state index >= 15 is 0 Å². The van der Waals surface area contributed by atoms with E-state index < -0.39 is 0 Å². The van der Waals surface area contributed by atoms with Gasteiger partial charge in [-0.05, 0) is 138 Å². The minimum atomic E-state index is -0.215. The van der Waals surface area contributed by atoms with E-state index in [9.17, 15) is 0 Å². The van der Waals surface area contributed by atoms with E-state index in [0.29, 0.717) is 0 Å². The quantitative estimate of drug-likeness (QED) is 0.158. The van der Waals surface area contributed by atoms with Crippen molar-refractivity contribution in [3.8, 4) is 66.8 Å². The number of rotatable bonds is 3. The lowest BCUT2D eigenvalue weighted by Crippen LogP contribution is -2.16. The minimum absolute atomic E-state index is 0.215. The van der Waals surface area contributed by atoms with Crippen molar-refractivity contribution in [1.82, 2.24) is 0 Å². The third kappa shape index (κ3) is 4.28. The van der Waals surface area contributed by atoms with Crippen LogP contribution in [0.1, 0.15) is 25.0 Å². The van der Waals surface area contributed by atoms with Gasteiger partial charge in [0.1, 0.15) is 0 Å². The van der Waals surface area contributed by atoms with Gasteiger partial charge in [-0.15, -0.1) is 0 Å². The smallest absolute Gasteiger partial charge is 0.0165 e. The molecule has 0 atom stereocenters. The highest BCUT2D eigenvalue weighted by Gasteiger charge is 2.40. The summed E-state index contributed by atoms with van der Waals surface area (Å²) in [4.78, 5) is 0. The van der Waals surface area contributed by atoms with Crippen molar-refractivity contribution in [2.75, 3.05) is 0 Å². The second kappa shape index (κ2) is 11.9. The molecule has 2 aliphatic rings. The van der Waals surface area contributed by atoms with Crippen LogP contribution in [0.2, 0.25) is 0 Å². The van der Waals surface area contributed by atoms with Gasteiger partial charge in [0.25, 0.3) is 0 Å². The highest BCUT2D eigenvalue weighted by atomic mass is 14.4. The molecule has 0 saturated heterocycles. The van der Waals surface area contributed by atoms with Gasteiger partial charge >= 0.3 is 0 Å². The Morgan fingerprint density at radius 3 is 1.29 bits per heavy atom. The molecule has 13 rings (SSSR count). The average molecular weight is 747 g/mol. The third-order valence-electron chi connectivity index (χ3n) is 13.7. The summed E-state index contributed by atoms with van der Waals surface area (Å²) in [5.74, 6) is 0. The molecule has 0 nitrogen and oxygen atoms in total. The molecule has 2 aliphatic carbocycles. The highest BCUT2D eigenvalue weighted by Crippen LogP contribution is 2.61. The van der Waals surface area contributed by atoms with Crippen molar-refractivity contribution in [3.63, 3.8) is 0 Å². The second-order valence-electron chi connectivity index (χ2n) is 17.0. The zero-order valence-electron chi connectivity index (χ0n) is 33.0. The lowest BCUT2D eigenvalue weighted by atomic mass is 9.78. The molecular weight excluding hydrogens is 709 g/mol. The molecular formula is C59H38. The number of fused-ring (bicyclic) bond motifs is 14. The van der Waals surface area contributed by atoms with Crippen LogP contribution in [0, 0.1) is 0 Å². The normalized spacial score (nSPS) is 13.4. The van der Waals surface area contributed by atoms with E-state index in [1.807, 2.05) is 0 Å². The van der Waals surface area contributed by atoms with Crippen molar-refractivity contribution in [1.29, 1.82) is 0 Å². The summed E-state index contributed by atoms with van der Waals surface area (Å²) in [6.07, 6.45) is 0. The van der Waals surface area contributed by atoms with Gasteiger partial charge in [0.15, 0.2) is 0 Å². The van der Waals surface area contributed by atoms with Crippen molar-refractivity contribution >= 4 is 53.9 Å². The molecule has 0 bridgehead atoms. The Hall–Kier alpha value is -7.28. The lowest BCUT2D eigenvalue weighted by Gasteiger charge is -2.25. The van der Waals surface area contributed by atoms with Gasteiger partial charge in [0.05, 0.1) is 0 Å². The molecule has 0 unspecified atom stereocenters. The third-order valence-corrected chi connectivity index (χ3v) is 13.7. The summed E-state index contributed by atoms with van der Waals surface area (Å²) in [5, 5.41) is 13.2. The van der Waals surface area contributed by atoms with Gasteiger partial charge in [-0.2, -0.15) is 0 Å². The van der Waals surface area contributed by atoms with Crippen LogP contribution in [0.4, 0.5) is 0 Å². The van der Waals surface area contributed by atoms with Crippen molar-refractivity contribution < 1.29 is 0 Å². The van der Waals surface area contributed by atoms with E-state index in [1.54, 1.807) is 0 Å². The van der Waals surface area contributed by atoms with E-state index in [2.05, 4.69) is 208 Å². The summed E-state index contributed by atoms with van der Waals surface area (Å²) in [5.41, 5.74) is 18.4. The molecule has 11 aromatic carbocycles. The van der Waals surface area contributed by atoms with Gasteiger partial charge in [-0.1, -0.05) is 202 Å². The first-order chi connectivity index (χ1) is 29.1. The van der Waals surface area contributed by atoms with Gasteiger partial charge < -0.3 is 0 Å². The van der Waals surface area contributed by atoms with E-state index in [1.165, 1.54) is 132 Å². The fourth-order valence-corrected chi connectivity index (χ4v) is 11.4. The van der Waals surface area contributed by atoms with E-state index in [4.69, 9.17) is 0 Å². The molecule has 274 valence electrons. The summed E-state index contributed by atoms with van der Waals surface area (Å²) < 4.78 is 0. The largest absolute Gasteiger partial charge is 0.0622 e. The maximum Gasteiger partial charge on any atom is 0.0165 e. The van der Waals surface area contributed by atoms with Gasteiger partial charge in [-0.3, -0.25) is 0 Å². The first-order valence-electron chi connectivity index (χ1n) is 20.9.